The Kier molecular flexibility index (Phi) is 5.43. The number of carbonyl (C=O) groups excluding carboxylic acids is 2. The van der Waals surface area contributed by atoms with Crippen molar-refractivity contribution < 1.29 is 19.0 Å². The predicted molar refractivity (Wildman–Crippen MR) is 97.5 cm³/mol. The molecular formula is C17H22N6O5. The molecule has 2 aromatic heterocycles. The fraction of sp³-hybridized carbons (Fsp3) is 0.529. The summed E-state index contributed by atoms with van der Waals surface area (Å²) in [5.74, 6) is 0.462. The van der Waals surface area contributed by atoms with Gasteiger partial charge in [0.2, 0.25) is 11.8 Å². The minimum absolute atomic E-state index is 0.0599. The Morgan fingerprint density at radius 1 is 1.32 bits per heavy atom. The number of amides is 2. The number of aryl methyl sites for hydroxylation is 2. The zero-order valence-electron chi connectivity index (χ0n) is 16.0. The van der Waals surface area contributed by atoms with Crippen molar-refractivity contribution >= 4 is 23.3 Å². The Labute approximate surface area is 160 Å². The Morgan fingerprint density at radius 2 is 2.00 bits per heavy atom. The van der Waals surface area contributed by atoms with E-state index in [0.717, 1.165) is 0 Å². The summed E-state index contributed by atoms with van der Waals surface area (Å²) >= 11 is 0. The summed E-state index contributed by atoms with van der Waals surface area (Å²) < 4.78 is 6.29. The van der Waals surface area contributed by atoms with Crippen LogP contribution in [0.5, 0.6) is 0 Å². The van der Waals surface area contributed by atoms with Crippen LogP contribution in [0.2, 0.25) is 0 Å². The smallest absolute Gasteiger partial charge is 0.312 e. The summed E-state index contributed by atoms with van der Waals surface area (Å²) in [4.78, 5) is 37.1. The standard InChI is InChI=1S/C17H22N6O5/c1-10-8-14(20-28-10)18-17(25)13-4-6-21(7-5-13)15(24)9-22-12(3)16(23(26)27)11(2)19-22/h8,13H,4-7,9H2,1-3H3,(H,18,20,25). The molecule has 28 heavy (non-hydrogen) atoms. The second-order valence-corrected chi connectivity index (χ2v) is 6.90. The number of aromatic nitrogens is 3. The maximum atomic E-state index is 12.6. The van der Waals surface area contributed by atoms with Gasteiger partial charge in [0.15, 0.2) is 5.82 Å². The van der Waals surface area contributed by atoms with Crippen LogP contribution in [0, 0.1) is 36.8 Å². The van der Waals surface area contributed by atoms with Gasteiger partial charge < -0.3 is 14.7 Å². The van der Waals surface area contributed by atoms with E-state index < -0.39 is 4.92 Å². The summed E-state index contributed by atoms with van der Waals surface area (Å²) in [6, 6.07) is 1.64. The molecule has 0 aliphatic carbocycles. The van der Waals surface area contributed by atoms with Crippen molar-refractivity contribution in [3.63, 3.8) is 0 Å². The monoisotopic (exact) mass is 390 g/mol. The van der Waals surface area contributed by atoms with Gasteiger partial charge in [-0.05, 0) is 33.6 Å². The number of rotatable bonds is 5. The van der Waals surface area contributed by atoms with Crippen molar-refractivity contribution in [1.29, 1.82) is 0 Å². The fourth-order valence-corrected chi connectivity index (χ4v) is 3.38. The van der Waals surface area contributed by atoms with Gasteiger partial charge in [-0.2, -0.15) is 5.10 Å². The first kappa shape index (κ1) is 19.5. The molecule has 0 saturated carbocycles. The minimum Gasteiger partial charge on any atom is -0.360 e. The maximum absolute atomic E-state index is 12.6. The van der Waals surface area contributed by atoms with Crippen LogP contribution in [0.4, 0.5) is 11.5 Å². The van der Waals surface area contributed by atoms with Crippen LogP contribution in [-0.2, 0) is 16.1 Å². The van der Waals surface area contributed by atoms with Crippen molar-refractivity contribution in [2.24, 2.45) is 5.92 Å². The highest BCUT2D eigenvalue weighted by Gasteiger charge is 2.29. The predicted octanol–water partition coefficient (Wildman–Crippen LogP) is 1.58. The molecule has 0 radical (unpaired) electrons. The van der Waals surface area contributed by atoms with Crippen LogP contribution in [0.1, 0.15) is 30.0 Å². The normalized spacial score (nSPS) is 14.9. The van der Waals surface area contributed by atoms with Crippen LogP contribution in [0.15, 0.2) is 10.6 Å². The van der Waals surface area contributed by atoms with Crippen molar-refractivity contribution in [3.8, 4) is 0 Å². The van der Waals surface area contributed by atoms with Crippen LogP contribution < -0.4 is 5.32 Å². The molecule has 1 aliphatic rings. The van der Waals surface area contributed by atoms with Gasteiger partial charge in [0.05, 0.1) is 4.92 Å². The van der Waals surface area contributed by atoms with Crippen LogP contribution >= 0.6 is 0 Å². The van der Waals surface area contributed by atoms with Gasteiger partial charge in [0, 0.05) is 25.1 Å². The quantitative estimate of drug-likeness (QED) is 0.604. The number of nitro groups is 1. The van der Waals surface area contributed by atoms with E-state index in [1.54, 1.807) is 31.7 Å². The van der Waals surface area contributed by atoms with Gasteiger partial charge in [0.1, 0.15) is 23.7 Å². The van der Waals surface area contributed by atoms with Crippen molar-refractivity contribution in [2.45, 2.75) is 40.2 Å². The van der Waals surface area contributed by atoms with E-state index in [1.165, 1.54) is 4.68 Å². The SMILES string of the molecule is Cc1cc(NC(=O)C2CCN(C(=O)Cn3nc(C)c([N+](=O)[O-])c3C)CC2)no1. The average molecular weight is 390 g/mol. The summed E-state index contributed by atoms with van der Waals surface area (Å²) in [6.45, 7) is 5.69. The first-order valence-corrected chi connectivity index (χ1v) is 8.96. The number of hydrogen-bond acceptors (Lipinski definition) is 7. The fourth-order valence-electron chi connectivity index (χ4n) is 3.38. The number of nitrogens with one attached hydrogen (secondary N) is 1. The molecule has 0 bridgehead atoms. The summed E-state index contributed by atoms with van der Waals surface area (Å²) in [5, 5.41) is 21.6. The maximum Gasteiger partial charge on any atom is 0.312 e. The van der Waals surface area contributed by atoms with E-state index in [9.17, 15) is 19.7 Å². The van der Waals surface area contributed by atoms with Gasteiger partial charge in [-0.25, -0.2) is 0 Å². The molecule has 2 amide bonds. The number of anilines is 1. The topological polar surface area (TPSA) is 136 Å². The third kappa shape index (κ3) is 4.02. The van der Waals surface area contributed by atoms with E-state index >= 15 is 0 Å². The lowest BCUT2D eigenvalue weighted by Crippen LogP contribution is -2.43. The Bertz CT molecular complexity index is 909. The molecule has 0 unspecified atom stereocenters. The van der Waals surface area contributed by atoms with E-state index in [4.69, 9.17) is 4.52 Å². The van der Waals surface area contributed by atoms with Gasteiger partial charge in [-0.15, -0.1) is 0 Å². The van der Waals surface area contributed by atoms with Crippen molar-refractivity contribution in [2.75, 3.05) is 18.4 Å². The summed E-state index contributed by atoms with van der Waals surface area (Å²) in [6.07, 6.45) is 1.07. The number of carbonyl (C=O) groups is 2. The first-order chi connectivity index (χ1) is 13.3. The summed E-state index contributed by atoms with van der Waals surface area (Å²) in [7, 11) is 0. The molecule has 1 saturated heterocycles. The molecular weight excluding hydrogens is 368 g/mol. The average Bonchev–Trinajstić information content (AvgIpc) is 3.17. The molecule has 2 aromatic rings. The van der Waals surface area contributed by atoms with Gasteiger partial charge in [0.25, 0.3) is 0 Å². The molecule has 0 aromatic carbocycles. The second kappa shape index (κ2) is 7.79. The van der Waals surface area contributed by atoms with Crippen LogP contribution in [0.3, 0.4) is 0 Å². The molecule has 0 atom stereocenters. The van der Waals surface area contributed by atoms with Gasteiger partial charge in [-0.3, -0.25) is 24.4 Å². The molecule has 3 rings (SSSR count). The lowest BCUT2D eigenvalue weighted by Gasteiger charge is -2.31. The van der Waals surface area contributed by atoms with Crippen LogP contribution in [-0.4, -0.2) is 49.7 Å². The first-order valence-electron chi connectivity index (χ1n) is 8.96. The number of piperidine rings is 1. The van der Waals surface area contributed by atoms with Crippen molar-refractivity contribution in [1.82, 2.24) is 19.8 Å². The number of likely N-dealkylation sites (tertiary alicyclic amines) is 1. The van der Waals surface area contributed by atoms with Gasteiger partial charge >= 0.3 is 5.69 Å². The molecule has 1 N–H and O–H groups in total. The molecule has 150 valence electrons. The molecule has 1 fully saturated rings. The van der Waals surface area contributed by atoms with Crippen LogP contribution in [0.25, 0.3) is 0 Å². The Morgan fingerprint density at radius 3 is 2.54 bits per heavy atom. The third-order valence-electron chi connectivity index (χ3n) is 4.91. The molecule has 3 heterocycles. The minimum atomic E-state index is -0.487. The van der Waals surface area contributed by atoms with E-state index in [1.807, 2.05) is 0 Å². The van der Waals surface area contributed by atoms with E-state index in [-0.39, 0.29) is 35.7 Å². The Balaban J connectivity index is 1.54. The van der Waals surface area contributed by atoms with E-state index in [0.29, 0.717) is 43.2 Å². The zero-order chi connectivity index (χ0) is 20.4. The molecule has 0 spiro atoms. The Hall–Kier alpha value is -3.24. The highest BCUT2D eigenvalue weighted by Crippen LogP contribution is 2.23. The van der Waals surface area contributed by atoms with E-state index in [2.05, 4.69) is 15.6 Å². The number of nitrogens with zero attached hydrogens (tertiary/aromatic N) is 5. The second-order valence-electron chi connectivity index (χ2n) is 6.90. The van der Waals surface area contributed by atoms with Gasteiger partial charge in [-0.1, -0.05) is 5.16 Å². The zero-order valence-corrected chi connectivity index (χ0v) is 16.0. The van der Waals surface area contributed by atoms with Crippen molar-refractivity contribution in [3.05, 3.63) is 33.3 Å². The third-order valence-corrected chi connectivity index (χ3v) is 4.91. The lowest BCUT2D eigenvalue weighted by molar-refractivity contribution is -0.386. The molecule has 11 heteroatoms. The highest BCUT2D eigenvalue weighted by molar-refractivity contribution is 5.91. The lowest BCUT2D eigenvalue weighted by atomic mass is 9.96. The summed E-state index contributed by atoms with van der Waals surface area (Å²) in [5.41, 5.74) is 0.577. The molecule has 11 nitrogen and oxygen atoms in total. The largest absolute Gasteiger partial charge is 0.360 e. The highest BCUT2D eigenvalue weighted by atomic mass is 16.6. The number of hydrogen-bond donors (Lipinski definition) is 1. The molecule has 1 aliphatic heterocycles.